The van der Waals surface area contributed by atoms with Gasteiger partial charge in [-0.15, -0.1) is 0 Å². The van der Waals surface area contributed by atoms with Gasteiger partial charge in [0.1, 0.15) is 5.82 Å². The predicted octanol–water partition coefficient (Wildman–Crippen LogP) is 2.99. The van der Waals surface area contributed by atoms with Crippen molar-refractivity contribution >= 4 is 17.4 Å². The molecule has 19 heavy (non-hydrogen) atoms. The summed E-state index contributed by atoms with van der Waals surface area (Å²) in [5.74, 6) is 0.543. The van der Waals surface area contributed by atoms with Gasteiger partial charge in [0, 0.05) is 24.5 Å². The highest BCUT2D eigenvalue weighted by Gasteiger charge is 2.09. The Morgan fingerprint density at radius 3 is 2.74 bits per heavy atom. The molecule has 1 aromatic heterocycles. The van der Waals surface area contributed by atoms with Gasteiger partial charge in [0.25, 0.3) is 5.91 Å². The van der Waals surface area contributed by atoms with E-state index in [0.29, 0.717) is 11.4 Å². The van der Waals surface area contributed by atoms with E-state index in [2.05, 4.69) is 15.6 Å². The number of anilines is 2. The number of benzene rings is 1. The molecule has 0 aliphatic heterocycles. The van der Waals surface area contributed by atoms with Crippen LogP contribution in [0.1, 0.15) is 21.5 Å². The van der Waals surface area contributed by atoms with Crippen LogP contribution in [-0.2, 0) is 0 Å². The van der Waals surface area contributed by atoms with Crippen molar-refractivity contribution < 1.29 is 4.79 Å². The average molecular weight is 255 g/mol. The van der Waals surface area contributed by atoms with E-state index in [0.717, 1.165) is 16.8 Å². The van der Waals surface area contributed by atoms with E-state index in [1.165, 1.54) is 0 Å². The van der Waals surface area contributed by atoms with Crippen LogP contribution in [-0.4, -0.2) is 17.9 Å². The fraction of sp³-hybridized carbons (Fsp3) is 0.200. The second-order valence-electron chi connectivity index (χ2n) is 4.38. The fourth-order valence-electron chi connectivity index (χ4n) is 1.79. The number of pyridine rings is 1. The van der Waals surface area contributed by atoms with Gasteiger partial charge in [-0.1, -0.05) is 12.1 Å². The highest BCUT2D eigenvalue weighted by molar-refractivity contribution is 6.05. The molecule has 0 fully saturated rings. The molecule has 2 N–H and O–H groups in total. The lowest BCUT2D eigenvalue weighted by Gasteiger charge is -2.10. The summed E-state index contributed by atoms with van der Waals surface area (Å²) in [7, 11) is 1.77. The Hall–Kier alpha value is -2.36. The van der Waals surface area contributed by atoms with Crippen molar-refractivity contribution in [1.82, 2.24) is 4.98 Å². The average Bonchev–Trinajstić information content (AvgIpc) is 2.44. The van der Waals surface area contributed by atoms with Crippen molar-refractivity contribution in [3.63, 3.8) is 0 Å². The number of carbonyl (C=O) groups excluding carboxylic acids is 1. The lowest BCUT2D eigenvalue weighted by Crippen LogP contribution is -2.13. The molecule has 0 saturated heterocycles. The number of aryl methyl sites for hydroxylation is 1. The Morgan fingerprint density at radius 1 is 1.21 bits per heavy atom. The Bertz CT molecular complexity index is 608. The molecule has 1 heterocycles. The summed E-state index contributed by atoms with van der Waals surface area (Å²) in [6, 6.07) is 9.28. The molecule has 0 atom stereocenters. The van der Waals surface area contributed by atoms with E-state index in [1.54, 1.807) is 25.4 Å². The lowest BCUT2D eigenvalue weighted by molar-refractivity contribution is 0.102. The minimum absolute atomic E-state index is 0.132. The third kappa shape index (κ3) is 2.91. The summed E-state index contributed by atoms with van der Waals surface area (Å²) in [5, 5.41) is 5.84. The number of rotatable bonds is 3. The third-order valence-corrected chi connectivity index (χ3v) is 3.13. The van der Waals surface area contributed by atoms with E-state index in [4.69, 9.17) is 0 Å². The van der Waals surface area contributed by atoms with Crippen molar-refractivity contribution in [2.24, 2.45) is 0 Å². The van der Waals surface area contributed by atoms with Crippen LogP contribution in [0.3, 0.4) is 0 Å². The maximum Gasteiger partial charge on any atom is 0.255 e. The molecule has 0 saturated carbocycles. The molecule has 0 unspecified atom stereocenters. The molecule has 0 spiro atoms. The Morgan fingerprint density at radius 2 is 2.00 bits per heavy atom. The molecule has 4 nitrogen and oxygen atoms in total. The summed E-state index contributed by atoms with van der Waals surface area (Å²) in [6.07, 6.45) is 1.61. The number of carbonyl (C=O) groups is 1. The number of nitrogens with zero attached hydrogens (tertiary/aromatic N) is 1. The van der Waals surface area contributed by atoms with Crippen molar-refractivity contribution in [2.45, 2.75) is 13.8 Å². The van der Waals surface area contributed by atoms with Gasteiger partial charge in [0.2, 0.25) is 0 Å². The summed E-state index contributed by atoms with van der Waals surface area (Å²) in [5.41, 5.74) is 3.66. The van der Waals surface area contributed by atoms with Crippen LogP contribution in [0.25, 0.3) is 0 Å². The first-order chi connectivity index (χ1) is 9.11. The highest BCUT2D eigenvalue weighted by atomic mass is 16.1. The molecular formula is C15H17N3O. The maximum absolute atomic E-state index is 12.2. The maximum atomic E-state index is 12.2. The molecule has 0 aliphatic carbocycles. The van der Waals surface area contributed by atoms with Gasteiger partial charge in [-0.25, -0.2) is 4.98 Å². The first-order valence-electron chi connectivity index (χ1n) is 6.13. The molecule has 98 valence electrons. The number of hydrogen-bond acceptors (Lipinski definition) is 3. The monoisotopic (exact) mass is 255 g/mol. The molecule has 0 aliphatic rings. The zero-order valence-electron chi connectivity index (χ0n) is 11.3. The Labute approximate surface area is 112 Å². The second-order valence-corrected chi connectivity index (χ2v) is 4.38. The summed E-state index contributed by atoms with van der Waals surface area (Å²) in [6.45, 7) is 4.02. The van der Waals surface area contributed by atoms with Crippen LogP contribution in [0.2, 0.25) is 0 Å². The van der Waals surface area contributed by atoms with Crippen molar-refractivity contribution in [3.05, 3.63) is 53.2 Å². The summed E-state index contributed by atoms with van der Waals surface area (Å²) in [4.78, 5) is 16.3. The van der Waals surface area contributed by atoms with Gasteiger partial charge in [-0.3, -0.25) is 4.79 Å². The SMILES string of the molecule is CNc1cc(C(=O)Nc2cccc(C)c2C)ccn1. The molecule has 4 heteroatoms. The van der Waals surface area contributed by atoms with Gasteiger partial charge < -0.3 is 10.6 Å². The fourth-order valence-corrected chi connectivity index (χ4v) is 1.79. The lowest BCUT2D eigenvalue weighted by atomic mass is 10.1. The summed E-state index contributed by atoms with van der Waals surface area (Å²) >= 11 is 0. The molecule has 0 radical (unpaired) electrons. The van der Waals surface area contributed by atoms with Crippen LogP contribution in [0, 0.1) is 13.8 Å². The molecular weight excluding hydrogens is 238 g/mol. The van der Waals surface area contributed by atoms with E-state index in [9.17, 15) is 4.79 Å². The summed E-state index contributed by atoms with van der Waals surface area (Å²) < 4.78 is 0. The Balaban J connectivity index is 2.23. The molecule has 1 aromatic carbocycles. The number of aromatic nitrogens is 1. The van der Waals surface area contributed by atoms with Crippen LogP contribution < -0.4 is 10.6 Å². The smallest absolute Gasteiger partial charge is 0.255 e. The van der Waals surface area contributed by atoms with Crippen LogP contribution in [0.4, 0.5) is 11.5 Å². The van der Waals surface area contributed by atoms with Crippen molar-refractivity contribution in [1.29, 1.82) is 0 Å². The zero-order chi connectivity index (χ0) is 13.8. The molecule has 2 aromatic rings. The molecule has 1 amide bonds. The molecule has 0 bridgehead atoms. The van der Waals surface area contributed by atoms with E-state index in [-0.39, 0.29) is 5.91 Å². The molecule has 2 rings (SSSR count). The number of hydrogen-bond donors (Lipinski definition) is 2. The van der Waals surface area contributed by atoms with Gasteiger partial charge in [0.05, 0.1) is 0 Å². The van der Waals surface area contributed by atoms with Gasteiger partial charge in [-0.2, -0.15) is 0 Å². The topological polar surface area (TPSA) is 54.0 Å². The first-order valence-corrected chi connectivity index (χ1v) is 6.13. The normalized spacial score (nSPS) is 10.1. The van der Waals surface area contributed by atoms with E-state index >= 15 is 0 Å². The highest BCUT2D eigenvalue weighted by Crippen LogP contribution is 2.19. The minimum atomic E-state index is -0.132. The third-order valence-electron chi connectivity index (χ3n) is 3.13. The van der Waals surface area contributed by atoms with Crippen LogP contribution >= 0.6 is 0 Å². The first kappa shape index (κ1) is 13.1. The largest absolute Gasteiger partial charge is 0.373 e. The van der Waals surface area contributed by atoms with Gasteiger partial charge in [-0.05, 0) is 43.2 Å². The quantitative estimate of drug-likeness (QED) is 0.886. The van der Waals surface area contributed by atoms with Crippen molar-refractivity contribution in [2.75, 3.05) is 17.7 Å². The number of nitrogens with one attached hydrogen (secondary N) is 2. The predicted molar refractivity (Wildman–Crippen MR) is 77.7 cm³/mol. The van der Waals surface area contributed by atoms with Gasteiger partial charge >= 0.3 is 0 Å². The Kier molecular flexibility index (Phi) is 3.80. The van der Waals surface area contributed by atoms with Crippen molar-refractivity contribution in [3.8, 4) is 0 Å². The van der Waals surface area contributed by atoms with E-state index in [1.807, 2.05) is 32.0 Å². The standard InChI is InChI=1S/C15H17N3O/c1-10-5-4-6-13(11(10)2)18-15(19)12-7-8-17-14(9-12)16-3/h4-9H,1-3H3,(H,16,17)(H,18,19). The van der Waals surface area contributed by atoms with Crippen LogP contribution in [0.15, 0.2) is 36.5 Å². The van der Waals surface area contributed by atoms with E-state index < -0.39 is 0 Å². The second kappa shape index (κ2) is 5.52. The minimum Gasteiger partial charge on any atom is -0.373 e. The zero-order valence-corrected chi connectivity index (χ0v) is 11.3. The van der Waals surface area contributed by atoms with Gasteiger partial charge in [0.15, 0.2) is 0 Å². The number of amides is 1. The van der Waals surface area contributed by atoms with Crippen LogP contribution in [0.5, 0.6) is 0 Å².